The summed E-state index contributed by atoms with van der Waals surface area (Å²) >= 11 is 0. The highest BCUT2D eigenvalue weighted by Crippen LogP contribution is 2.26. The van der Waals surface area contributed by atoms with Gasteiger partial charge in [-0.3, -0.25) is 4.79 Å². The minimum absolute atomic E-state index is 0.0379. The molecule has 142 valence electrons. The first-order valence-corrected chi connectivity index (χ1v) is 9.08. The van der Waals surface area contributed by atoms with Crippen molar-refractivity contribution in [1.29, 1.82) is 0 Å². The van der Waals surface area contributed by atoms with Gasteiger partial charge in [0.1, 0.15) is 11.5 Å². The zero-order chi connectivity index (χ0) is 19.4. The Labute approximate surface area is 159 Å². The van der Waals surface area contributed by atoms with E-state index in [9.17, 15) is 4.79 Å². The summed E-state index contributed by atoms with van der Waals surface area (Å²) in [6.07, 6.45) is 2.43. The molecule has 0 saturated heterocycles. The van der Waals surface area contributed by atoms with E-state index < -0.39 is 0 Å². The molecule has 2 aromatic carbocycles. The number of methoxy groups -OCH3 is 2. The number of para-hydroxylation sites is 1. The van der Waals surface area contributed by atoms with E-state index in [4.69, 9.17) is 9.47 Å². The number of fused-ring (bicyclic) bond motifs is 1. The topological polar surface area (TPSA) is 52.5 Å². The lowest BCUT2D eigenvalue weighted by Gasteiger charge is -2.10. The average molecular weight is 366 g/mol. The molecule has 3 aromatic rings. The van der Waals surface area contributed by atoms with Crippen LogP contribution in [0.2, 0.25) is 0 Å². The predicted molar refractivity (Wildman–Crippen MR) is 108 cm³/mol. The fourth-order valence-corrected chi connectivity index (χ4v) is 3.29. The normalized spacial score (nSPS) is 11.0. The molecule has 3 rings (SSSR count). The Bertz CT molecular complexity index is 922. The van der Waals surface area contributed by atoms with Gasteiger partial charge in [-0.15, -0.1) is 0 Å². The molecule has 27 heavy (non-hydrogen) atoms. The second-order valence-electron chi connectivity index (χ2n) is 6.92. The number of carbonyl (C=O) groups excluding carboxylic acids is 1. The van der Waals surface area contributed by atoms with Gasteiger partial charge in [-0.05, 0) is 43.2 Å². The molecule has 1 amide bonds. The number of aromatic nitrogens is 1. The standard InChI is InChI=1S/C22H26N2O3/c1-15(2)23-22(25)11-17-14-24(21-8-6-5-7-20(17)21)13-16-9-18(26-3)12-19(10-16)27-4/h5-10,12,14-15H,11,13H2,1-4H3,(H,23,25). The molecule has 0 aliphatic heterocycles. The smallest absolute Gasteiger partial charge is 0.224 e. The van der Waals surface area contributed by atoms with Crippen LogP contribution in [-0.2, 0) is 17.8 Å². The van der Waals surface area contributed by atoms with Crippen LogP contribution in [0.25, 0.3) is 10.9 Å². The quantitative estimate of drug-likeness (QED) is 0.692. The van der Waals surface area contributed by atoms with Crippen LogP contribution < -0.4 is 14.8 Å². The van der Waals surface area contributed by atoms with Gasteiger partial charge in [-0.2, -0.15) is 0 Å². The van der Waals surface area contributed by atoms with Gasteiger partial charge in [0.25, 0.3) is 0 Å². The van der Waals surface area contributed by atoms with E-state index in [1.807, 2.05) is 44.2 Å². The minimum atomic E-state index is 0.0379. The second-order valence-corrected chi connectivity index (χ2v) is 6.92. The largest absolute Gasteiger partial charge is 0.497 e. The number of ether oxygens (including phenoxy) is 2. The van der Waals surface area contributed by atoms with E-state index in [1.165, 1.54) is 0 Å². The average Bonchev–Trinajstić information content (AvgIpc) is 2.98. The van der Waals surface area contributed by atoms with Crippen molar-refractivity contribution >= 4 is 16.8 Å². The van der Waals surface area contributed by atoms with Crippen LogP contribution in [0.1, 0.15) is 25.0 Å². The lowest BCUT2D eigenvalue weighted by Crippen LogP contribution is -2.31. The van der Waals surface area contributed by atoms with Crippen molar-refractivity contribution < 1.29 is 14.3 Å². The van der Waals surface area contributed by atoms with E-state index in [-0.39, 0.29) is 11.9 Å². The van der Waals surface area contributed by atoms with Crippen LogP contribution in [0.3, 0.4) is 0 Å². The van der Waals surface area contributed by atoms with Gasteiger partial charge in [0.05, 0.1) is 20.6 Å². The number of nitrogens with one attached hydrogen (secondary N) is 1. The van der Waals surface area contributed by atoms with Crippen LogP contribution in [0.15, 0.2) is 48.7 Å². The molecule has 5 heteroatoms. The first-order valence-electron chi connectivity index (χ1n) is 9.08. The van der Waals surface area contributed by atoms with E-state index in [1.54, 1.807) is 14.2 Å². The molecule has 1 heterocycles. The van der Waals surface area contributed by atoms with E-state index in [0.717, 1.165) is 33.5 Å². The number of carbonyl (C=O) groups is 1. The fourth-order valence-electron chi connectivity index (χ4n) is 3.29. The zero-order valence-electron chi connectivity index (χ0n) is 16.3. The van der Waals surface area contributed by atoms with Crippen molar-refractivity contribution in [3.8, 4) is 11.5 Å². The third-order valence-electron chi connectivity index (χ3n) is 4.44. The molecule has 1 aromatic heterocycles. The van der Waals surface area contributed by atoms with Gasteiger partial charge in [0.15, 0.2) is 0 Å². The van der Waals surface area contributed by atoms with Crippen LogP contribution in [0.5, 0.6) is 11.5 Å². The molecule has 0 aliphatic rings. The Morgan fingerprint density at radius 1 is 1.07 bits per heavy atom. The fraction of sp³-hybridized carbons (Fsp3) is 0.318. The number of amides is 1. The number of hydrogen-bond donors (Lipinski definition) is 1. The van der Waals surface area contributed by atoms with Crippen LogP contribution in [-0.4, -0.2) is 30.7 Å². The number of rotatable bonds is 7. The van der Waals surface area contributed by atoms with Gasteiger partial charge < -0.3 is 19.4 Å². The summed E-state index contributed by atoms with van der Waals surface area (Å²) in [6.45, 7) is 4.61. The highest BCUT2D eigenvalue weighted by molar-refractivity contribution is 5.89. The summed E-state index contributed by atoms with van der Waals surface area (Å²) in [5.41, 5.74) is 3.20. The van der Waals surface area contributed by atoms with Crippen molar-refractivity contribution in [3.63, 3.8) is 0 Å². The summed E-state index contributed by atoms with van der Waals surface area (Å²) < 4.78 is 12.9. The maximum Gasteiger partial charge on any atom is 0.224 e. The Balaban J connectivity index is 1.94. The van der Waals surface area contributed by atoms with Crippen LogP contribution in [0.4, 0.5) is 0 Å². The van der Waals surface area contributed by atoms with Crippen molar-refractivity contribution in [2.45, 2.75) is 32.9 Å². The second kappa shape index (κ2) is 8.16. The summed E-state index contributed by atoms with van der Waals surface area (Å²) in [7, 11) is 3.30. The summed E-state index contributed by atoms with van der Waals surface area (Å²) in [6, 6.07) is 14.2. The van der Waals surface area contributed by atoms with Crippen molar-refractivity contribution in [2.24, 2.45) is 0 Å². The third-order valence-corrected chi connectivity index (χ3v) is 4.44. The summed E-state index contributed by atoms with van der Waals surface area (Å²) in [4.78, 5) is 12.2. The Morgan fingerprint density at radius 2 is 1.74 bits per heavy atom. The van der Waals surface area contributed by atoms with Gasteiger partial charge in [-0.1, -0.05) is 18.2 Å². The summed E-state index contributed by atoms with van der Waals surface area (Å²) in [5, 5.41) is 4.07. The molecule has 0 atom stereocenters. The number of benzene rings is 2. The van der Waals surface area contributed by atoms with Gasteiger partial charge in [0, 0.05) is 35.8 Å². The molecule has 0 aliphatic carbocycles. The van der Waals surface area contributed by atoms with Crippen LogP contribution >= 0.6 is 0 Å². The Kier molecular flexibility index (Phi) is 5.69. The molecule has 0 bridgehead atoms. The molecule has 1 N–H and O–H groups in total. The van der Waals surface area contributed by atoms with Crippen molar-refractivity contribution in [2.75, 3.05) is 14.2 Å². The molecule has 5 nitrogen and oxygen atoms in total. The SMILES string of the molecule is COc1cc(Cn2cc(CC(=O)NC(C)C)c3ccccc32)cc(OC)c1. The first-order chi connectivity index (χ1) is 13.0. The van der Waals surface area contributed by atoms with E-state index in [2.05, 4.69) is 28.2 Å². The molecule has 0 unspecified atom stereocenters. The minimum Gasteiger partial charge on any atom is -0.497 e. The van der Waals surface area contributed by atoms with Gasteiger partial charge >= 0.3 is 0 Å². The highest BCUT2D eigenvalue weighted by atomic mass is 16.5. The Morgan fingerprint density at radius 3 is 2.37 bits per heavy atom. The Hall–Kier alpha value is -2.95. The maximum atomic E-state index is 12.2. The molecular formula is C22H26N2O3. The van der Waals surface area contributed by atoms with Gasteiger partial charge in [0.2, 0.25) is 5.91 Å². The molecule has 0 radical (unpaired) electrons. The third kappa shape index (κ3) is 4.42. The highest BCUT2D eigenvalue weighted by Gasteiger charge is 2.13. The van der Waals surface area contributed by atoms with Gasteiger partial charge in [-0.25, -0.2) is 0 Å². The molecule has 0 saturated carbocycles. The molecule has 0 fully saturated rings. The number of hydrogen-bond acceptors (Lipinski definition) is 3. The van der Waals surface area contributed by atoms with E-state index >= 15 is 0 Å². The zero-order valence-corrected chi connectivity index (χ0v) is 16.3. The van der Waals surface area contributed by atoms with E-state index in [0.29, 0.717) is 13.0 Å². The lowest BCUT2D eigenvalue weighted by molar-refractivity contribution is -0.120. The monoisotopic (exact) mass is 366 g/mol. The molecular weight excluding hydrogens is 340 g/mol. The maximum absolute atomic E-state index is 12.2. The van der Waals surface area contributed by atoms with Crippen molar-refractivity contribution in [3.05, 3.63) is 59.8 Å². The molecule has 0 spiro atoms. The van der Waals surface area contributed by atoms with Crippen molar-refractivity contribution in [1.82, 2.24) is 9.88 Å². The number of nitrogens with zero attached hydrogens (tertiary/aromatic N) is 1. The lowest BCUT2D eigenvalue weighted by atomic mass is 10.1. The predicted octanol–water partition coefficient (Wildman–Crippen LogP) is 3.77. The first kappa shape index (κ1) is 18.8. The summed E-state index contributed by atoms with van der Waals surface area (Å²) in [5.74, 6) is 1.56. The van der Waals surface area contributed by atoms with Crippen LogP contribution in [0, 0.1) is 0 Å².